The first-order chi connectivity index (χ1) is 12.0. The Morgan fingerprint density at radius 3 is 2.64 bits per heavy atom. The molecule has 2 fully saturated rings. The first-order valence-corrected chi connectivity index (χ1v) is 9.76. The third kappa shape index (κ3) is 3.93. The normalized spacial score (nSPS) is 29.5. The van der Waals surface area contributed by atoms with E-state index in [-0.39, 0.29) is 0 Å². The fourth-order valence-corrected chi connectivity index (χ4v) is 4.97. The summed E-state index contributed by atoms with van der Waals surface area (Å²) in [5, 5.41) is 12.0. The van der Waals surface area contributed by atoms with E-state index in [1.165, 1.54) is 24.8 Å². The summed E-state index contributed by atoms with van der Waals surface area (Å²) in [4.78, 5) is 2.24. The summed E-state index contributed by atoms with van der Waals surface area (Å²) in [7, 11) is 5.94. The topological polar surface area (TPSA) is 32.7 Å². The highest BCUT2D eigenvalue weighted by Crippen LogP contribution is 2.49. The predicted octanol–water partition coefficient (Wildman–Crippen LogP) is 4.36. The zero-order valence-electron chi connectivity index (χ0n) is 16.0. The van der Waals surface area contributed by atoms with Gasteiger partial charge in [-0.3, -0.25) is 0 Å². The van der Waals surface area contributed by atoms with Crippen LogP contribution in [0.15, 0.2) is 29.8 Å². The summed E-state index contributed by atoms with van der Waals surface area (Å²) >= 11 is 0. The highest BCUT2D eigenvalue weighted by molar-refractivity contribution is 5.57. The molecular formula is C22H33NO2. The molecule has 0 spiro atoms. The van der Waals surface area contributed by atoms with Gasteiger partial charge in [0, 0.05) is 12.5 Å². The van der Waals surface area contributed by atoms with Crippen molar-refractivity contribution in [2.75, 3.05) is 27.7 Å². The van der Waals surface area contributed by atoms with Gasteiger partial charge in [0.1, 0.15) is 5.75 Å². The average molecular weight is 344 g/mol. The molecule has 0 heterocycles. The van der Waals surface area contributed by atoms with Crippen molar-refractivity contribution in [1.82, 2.24) is 4.90 Å². The Morgan fingerprint density at radius 1 is 1.20 bits per heavy atom. The molecule has 1 aromatic carbocycles. The van der Waals surface area contributed by atoms with Crippen molar-refractivity contribution in [1.29, 1.82) is 0 Å². The monoisotopic (exact) mass is 343 g/mol. The largest absolute Gasteiger partial charge is 0.497 e. The van der Waals surface area contributed by atoms with Gasteiger partial charge in [0.15, 0.2) is 0 Å². The van der Waals surface area contributed by atoms with Crippen LogP contribution in [-0.2, 0) is 0 Å². The van der Waals surface area contributed by atoms with Gasteiger partial charge in [0.05, 0.1) is 12.7 Å². The van der Waals surface area contributed by atoms with Gasteiger partial charge in [-0.2, -0.15) is 0 Å². The number of aliphatic hydroxyl groups is 1. The van der Waals surface area contributed by atoms with E-state index in [1.807, 2.05) is 12.1 Å². The standard InChI is InChI=1S/C22H33NO2/c1-23(2)16-20-12-7-11-19(22(20,24)18-9-4-5-10-18)14-17-8-6-13-21(15-17)25-3/h6,8,13-15,18,20,24H,4-5,7,9-12,16H2,1-3H3/b19-14+. The van der Waals surface area contributed by atoms with Gasteiger partial charge < -0.3 is 14.7 Å². The summed E-state index contributed by atoms with van der Waals surface area (Å²) in [6.45, 7) is 0.961. The van der Waals surface area contributed by atoms with Gasteiger partial charge in [-0.25, -0.2) is 0 Å². The number of ether oxygens (including phenoxy) is 1. The first-order valence-electron chi connectivity index (χ1n) is 9.76. The first kappa shape index (κ1) is 18.5. The Labute approximate surface area is 152 Å². The van der Waals surface area contributed by atoms with Crippen LogP contribution in [0, 0.1) is 11.8 Å². The predicted molar refractivity (Wildman–Crippen MR) is 104 cm³/mol. The molecule has 3 heteroatoms. The molecule has 0 aromatic heterocycles. The number of rotatable bonds is 5. The van der Waals surface area contributed by atoms with Crippen molar-refractivity contribution in [3.63, 3.8) is 0 Å². The Balaban J connectivity index is 1.97. The molecule has 0 saturated heterocycles. The number of hydrogen-bond acceptors (Lipinski definition) is 3. The number of hydrogen-bond donors (Lipinski definition) is 1. The molecule has 138 valence electrons. The van der Waals surface area contributed by atoms with Crippen LogP contribution in [-0.4, -0.2) is 43.4 Å². The second-order valence-electron chi connectivity index (χ2n) is 8.10. The zero-order chi connectivity index (χ0) is 17.9. The van der Waals surface area contributed by atoms with Crippen molar-refractivity contribution < 1.29 is 9.84 Å². The minimum atomic E-state index is -0.651. The Bertz CT molecular complexity index is 604. The molecule has 2 unspecified atom stereocenters. The molecule has 0 radical (unpaired) electrons. The Morgan fingerprint density at radius 2 is 1.96 bits per heavy atom. The minimum Gasteiger partial charge on any atom is -0.497 e. The SMILES string of the molecule is COc1cccc(/C=C2\CCCC(CN(C)C)C2(O)C2CCCC2)c1. The van der Waals surface area contributed by atoms with E-state index in [2.05, 4.69) is 37.2 Å². The molecule has 0 bridgehead atoms. The smallest absolute Gasteiger partial charge is 0.119 e. The summed E-state index contributed by atoms with van der Waals surface area (Å²) in [5.74, 6) is 1.62. The molecule has 1 aromatic rings. The Kier molecular flexibility index (Phi) is 5.85. The van der Waals surface area contributed by atoms with E-state index < -0.39 is 5.60 Å². The van der Waals surface area contributed by atoms with E-state index in [4.69, 9.17) is 4.74 Å². The molecule has 0 aliphatic heterocycles. The summed E-state index contributed by atoms with van der Waals surface area (Å²) < 4.78 is 5.37. The maximum absolute atomic E-state index is 12.0. The van der Waals surface area contributed by atoms with Gasteiger partial charge in [-0.05, 0) is 75.4 Å². The maximum atomic E-state index is 12.0. The van der Waals surface area contributed by atoms with Gasteiger partial charge in [0.2, 0.25) is 0 Å². The van der Waals surface area contributed by atoms with Crippen LogP contribution in [0.2, 0.25) is 0 Å². The lowest BCUT2D eigenvalue weighted by atomic mass is 9.64. The second-order valence-corrected chi connectivity index (χ2v) is 8.10. The summed E-state index contributed by atoms with van der Waals surface area (Å²) in [5.41, 5.74) is 1.73. The summed E-state index contributed by atoms with van der Waals surface area (Å²) in [6, 6.07) is 8.18. The lowest BCUT2D eigenvalue weighted by Gasteiger charge is -2.47. The number of benzene rings is 1. The van der Waals surface area contributed by atoms with Crippen LogP contribution in [0.25, 0.3) is 6.08 Å². The minimum absolute atomic E-state index is 0.330. The van der Waals surface area contributed by atoms with Crippen molar-refractivity contribution in [3.05, 3.63) is 35.4 Å². The zero-order valence-corrected chi connectivity index (χ0v) is 16.0. The van der Waals surface area contributed by atoms with Crippen LogP contribution >= 0.6 is 0 Å². The lowest BCUT2D eigenvalue weighted by molar-refractivity contribution is -0.0581. The van der Waals surface area contributed by atoms with Gasteiger partial charge in [-0.15, -0.1) is 0 Å². The lowest BCUT2D eigenvalue weighted by Crippen LogP contribution is -2.51. The average Bonchev–Trinajstić information content (AvgIpc) is 3.13. The van der Waals surface area contributed by atoms with Gasteiger partial charge in [0.25, 0.3) is 0 Å². The molecule has 2 atom stereocenters. The van der Waals surface area contributed by atoms with Crippen molar-refractivity contribution >= 4 is 6.08 Å². The van der Waals surface area contributed by atoms with Gasteiger partial charge in [-0.1, -0.05) is 31.1 Å². The van der Waals surface area contributed by atoms with Crippen molar-refractivity contribution in [3.8, 4) is 5.75 Å². The highest BCUT2D eigenvalue weighted by Gasteiger charge is 2.48. The van der Waals surface area contributed by atoms with Crippen LogP contribution in [0.5, 0.6) is 5.75 Å². The van der Waals surface area contributed by atoms with E-state index in [0.29, 0.717) is 11.8 Å². The van der Waals surface area contributed by atoms with E-state index in [9.17, 15) is 5.11 Å². The second kappa shape index (κ2) is 7.92. The quantitative estimate of drug-likeness (QED) is 0.862. The van der Waals surface area contributed by atoms with Crippen LogP contribution in [0.4, 0.5) is 0 Å². The van der Waals surface area contributed by atoms with Crippen LogP contribution < -0.4 is 4.74 Å². The number of methoxy groups -OCH3 is 1. The third-order valence-electron chi connectivity index (χ3n) is 6.13. The van der Waals surface area contributed by atoms with Crippen molar-refractivity contribution in [2.24, 2.45) is 11.8 Å². The Hall–Kier alpha value is -1.32. The molecule has 25 heavy (non-hydrogen) atoms. The van der Waals surface area contributed by atoms with Gasteiger partial charge >= 0.3 is 0 Å². The maximum Gasteiger partial charge on any atom is 0.119 e. The fourth-order valence-electron chi connectivity index (χ4n) is 4.97. The molecular weight excluding hydrogens is 310 g/mol. The molecule has 3 nitrogen and oxygen atoms in total. The fraction of sp³-hybridized carbons (Fsp3) is 0.636. The molecule has 2 aliphatic carbocycles. The van der Waals surface area contributed by atoms with E-state index in [0.717, 1.165) is 43.5 Å². The van der Waals surface area contributed by atoms with Crippen molar-refractivity contribution in [2.45, 2.75) is 50.5 Å². The molecule has 3 rings (SSSR count). The number of nitrogens with zero attached hydrogens (tertiary/aromatic N) is 1. The highest BCUT2D eigenvalue weighted by atomic mass is 16.5. The van der Waals surface area contributed by atoms with Crippen LogP contribution in [0.3, 0.4) is 0 Å². The third-order valence-corrected chi connectivity index (χ3v) is 6.13. The molecule has 2 saturated carbocycles. The molecule has 0 amide bonds. The summed E-state index contributed by atoms with van der Waals surface area (Å²) in [6.07, 6.45) is 10.4. The molecule has 2 aliphatic rings. The van der Waals surface area contributed by atoms with E-state index in [1.54, 1.807) is 7.11 Å². The van der Waals surface area contributed by atoms with E-state index >= 15 is 0 Å². The molecule has 1 N–H and O–H groups in total. The van der Waals surface area contributed by atoms with Crippen LogP contribution in [0.1, 0.15) is 50.5 Å².